The molecule has 0 amide bonds. The molecule has 0 N–H and O–H groups in total. The van der Waals surface area contributed by atoms with E-state index in [4.69, 9.17) is 9.97 Å². The first-order valence-electron chi connectivity index (χ1n) is 18.3. The maximum atomic E-state index is 5.23. The molecule has 252 valence electrons. The summed E-state index contributed by atoms with van der Waals surface area (Å²) in [5.41, 5.74) is 10.7. The Labute approximate surface area is 311 Å². The van der Waals surface area contributed by atoms with Crippen LogP contribution in [0.15, 0.2) is 194 Å². The van der Waals surface area contributed by atoms with Gasteiger partial charge in [0.1, 0.15) is 11.6 Å². The molecule has 2 aromatic heterocycles. The minimum absolute atomic E-state index is 0.914. The Hall–Kier alpha value is -7.30. The van der Waals surface area contributed by atoms with Crippen molar-refractivity contribution in [3.63, 3.8) is 0 Å². The first kappa shape index (κ1) is 30.3. The van der Waals surface area contributed by atoms with Gasteiger partial charge in [-0.2, -0.15) is 0 Å². The van der Waals surface area contributed by atoms with E-state index < -0.39 is 0 Å². The number of hydrogen-bond donors (Lipinski definition) is 0. The molecule has 0 aliphatic carbocycles. The van der Waals surface area contributed by atoms with Crippen LogP contribution in [0.25, 0.3) is 99.7 Å². The number of para-hydroxylation sites is 4. The Morgan fingerprint density at radius 2 is 0.796 bits per heavy atom. The van der Waals surface area contributed by atoms with Crippen molar-refractivity contribution >= 4 is 54.4 Å². The van der Waals surface area contributed by atoms with Gasteiger partial charge in [0.15, 0.2) is 0 Å². The summed E-state index contributed by atoms with van der Waals surface area (Å²) in [5.74, 6) is 1.83. The zero-order valence-electron chi connectivity index (χ0n) is 29.3. The summed E-state index contributed by atoms with van der Waals surface area (Å²) in [5, 5.41) is 7.09. The molecule has 11 rings (SSSR count). The van der Waals surface area contributed by atoms with Gasteiger partial charge in [0.05, 0.1) is 33.4 Å². The number of benzene rings is 9. The first-order valence-corrected chi connectivity index (χ1v) is 18.3. The third-order valence-electron chi connectivity index (χ3n) is 10.7. The largest absolute Gasteiger partial charge is 0.292 e. The highest BCUT2D eigenvalue weighted by Crippen LogP contribution is 2.43. The highest BCUT2D eigenvalue weighted by molar-refractivity contribution is 6.17. The Morgan fingerprint density at radius 1 is 0.315 bits per heavy atom. The van der Waals surface area contributed by atoms with Crippen molar-refractivity contribution in [1.29, 1.82) is 0 Å². The maximum absolute atomic E-state index is 5.23. The molecule has 54 heavy (non-hydrogen) atoms. The van der Waals surface area contributed by atoms with Crippen LogP contribution in [0.3, 0.4) is 0 Å². The summed E-state index contributed by atoms with van der Waals surface area (Å²) < 4.78 is 4.68. The van der Waals surface area contributed by atoms with E-state index in [1.807, 2.05) is 0 Å². The predicted octanol–water partition coefficient (Wildman–Crippen LogP) is 12.8. The minimum atomic E-state index is 0.914. The molecule has 2 heterocycles. The zero-order chi connectivity index (χ0) is 35.6. The number of nitrogens with zero attached hydrogens (tertiary/aromatic N) is 4. The van der Waals surface area contributed by atoms with Gasteiger partial charge in [-0.05, 0) is 81.2 Å². The van der Waals surface area contributed by atoms with Crippen molar-refractivity contribution in [2.24, 2.45) is 0 Å². The van der Waals surface area contributed by atoms with Gasteiger partial charge in [0, 0.05) is 21.9 Å². The highest BCUT2D eigenvalue weighted by Gasteiger charge is 2.22. The fraction of sp³-hybridized carbons (Fsp3) is 0. The highest BCUT2D eigenvalue weighted by atomic mass is 15.1. The lowest BCUT2D eigenvalue weighted by molar-refractivity contribution is 1.11. The van der Waals surface area contributed by atoms with Gasteiger partial charge in [-0.25, -0.2) is 9.97 Å². The summed E-state index contributed by atoms with van der Waals surface area (Å²) in [6.07, 6.45) is 0. The average Bonchev–Trinajstić information content (AvgIpc) is 3.82. The van der Waals surface area contributed by atoms with Crippen molar-refractivity contribution in [1.82, 2.24) is 19.1 Å². The SMILES string of the molecule is c1ccc(-c2nc3ccccc3n2-c2cccc3c(-c4ccc5ccccc5c4)c4cccc(-n5c(-c6ccccc6)nc6ccccc65)c4cc23)cc1. The minimum Gasteiger partial charge on any atom is -0.292 e. The van der Waals surface area contributed by atoms with Crippen molar-refractivity contribution in [2.45, 2.75) is 0 Å². The molecular formula is C50H32N4. The van der Waals surface area contributed by atoms with Crippen LogP contribution in [0, 0.1) is 0 Å². The molecule has 0 radical (unpaired) electrons. The fourth-order valence-electron chi connectivity index (χ4n) is 8.28. The number of imidazole rings is 2. The van der Waals surface area contributed by atoms with Crippen LogP contribution >= 0.6 is 0 Å². The van der Waals surface area contributed by atoms with Gasteiger partial charge in [0.25, 0.3) is 0 Å². The summed E-state index contributed by atoms with van der Waals surface area (Å²) in [7, 11) is 0. The molecule has 4 nitrogen and oxygen atoms in total. The van der Waals surface area contributed by atoms with E-state index >= 15 is 0 Å². The summed E-state index contributed by atoms with van der Waals surface area (Å²) in [6, 6.07) is 69.2. The molecule has 0 aliphatic rings. The Morgan fingerprint density at radius 3 is 1.35 bits per heavy atom. The third-order valence-corrected chi connectivity index (χ3v) is 10.7. The van der Waals surface area contributed by atoms with Gasteiger partial charge in [-0.3, -0.25) is 9.13 Å². The van der Waals surface area contributed by atoms with Gasteiger partial charge < -0.3 is 0 Å². The maximum Gasteiger partial charge on any atom is 0.145 e. The Kier molecular flexibility index (Phi) is 6.82. The normalized spacial score (nSPS) is 11.7. The third kappa shape index (κ3) is 4.70. The summed E-state index contributed by atoms with van der Waals surface area (Å²) in [4.78, 5) is 10.5. The Balaban J connectivity index is 1.30. The standard InChI is InChI=1S/C50H32N4/c1-3-16-34(17-4-1)49-51-42-23-9-11-25-46(42)53(49)44-27-13-21-38-40(44)32-41-39(48(38)37-30-29-33-15-7-8-20-36(33)31-37)22-14-28-45(41)54-47-26-12-10-24-43(47)52-50(54)35-18-5-2-6-19-35/h1-32H. The lowest BCUT2D eigenvalue weighted by Crippen LogP contribution is -2.01. The molecule has 9 aromatic carbocycles. The molecule has 4 heteroatoms. The second-order valence-electron chi connectivity index (χ2n) is 13.8. The number of rotatable bonds is 5. The quantitative estimate of drug-likeness (QED) is 0.169. The first-order chi connectivity index (χ1) is 26.8. The predicted molar refractivity (Wildman–Crippen MR) is 225 cm³/mol. The molecular weight excluding hydrogens is 657 g/mol. The molecule has 0 saturated heterocycles. The van der Waals surface area contributed by atoms with Crippen molar-refractivity contribution in [2.75, 3.05) is 0 Å². The van der Waals surface area contributed by atoms with Crippen molar-refractivity contribution in [3.05, 3.63) is 194 Å². The monoisotopic (exact) mass is 688 g/mol. The van der Waals surface area contributed by atoms with E-state index in [0.717, 1.165) is 67.0 Å². The van der Waals surface area contributed by atoms with Crippen LogP contribution in [0.4, 0.5) is 0 Å². The average molecular weight is 689 g/mol. The van der Waals surface area contributed by atoms with Crippen LogP contribution in [0.5, 0.6) is 0 Å². The van der Waals surface area contributed by atoms with E-state index in [-0.39, 0.29) is 0 Å². The van der Waals surface area contributed by atoms with Crippen LogP contribution in [0.2, 0.25) is 0 Å². The lowest BCUT2D eigenvalue weighted by Gasteiger charge is -2.20. The van der Waals surface area contributed by atoms with Gasteiger partial charge in [0.2, 0.25) is 0 Å². The van der Waals surface area contributed by atoms with Crippen LogP contribution in [-0.2, 0) is 0 Å². The molecule has 0 unspecified atom stereocenters. The zero-order valence-corrected chi connectivity index (χ0v) is 29.3. The van der Waals surface area contributed by atoms with Gasteiger partial charge in [-0.1, -0.05) is 146 Å². The fourth-order valence-corrected chi connectivity index (χ4v) is 8.28. The van der Waals surface area contributed by atoms with Crippen molar-refractivity contribution < 1.29 is 0 Å². The molecule has 0 saturated carbocycles. The Bertz CT molecular complexity index is 3030. The van der Waals surface area contributed by atoms with E-state index in [2.05, 4.69) is 203 Å². The summed E-state index contributed by atoms with van der Waals surface area (Å²) in [6.45, 7) is 0. The molecule has 0 aliphatic heterocycles. The molecule has 0 atom stereocenters. The topological polar surface area (TPSA) is 35.6 Å². The number of aromatic nitrogens is 4. The van der Waals surface area contributed by atoms with Gasteiger partial charge in [-0.15, -0.1) is 0 Å². The molecule has 0 fully saturated rings. The van der Waals surface area contributed by atoms with Crippen LogP contribution in [-0.4, -0.2) is 19.1 Å². The smallest absolute Gasteiger partial charge is 0.145 e. The summed E-state index contributed by atoms with van der Waals surface area (Å²) >= 11 is 0. The number of hydrogen-bond acceptors (Lipinski definition) is 2. The lowest BCUT2D eigenvalue weighted by atomic mass is 9.89. The second kappa shape index (κ2) is 12.1. The molecule has 11 aromatic rings. The van der Waals surface area contributed by atoms with E-state index in [1.54, 1.807) is 0 Å². The molecule has 0 spiro atoms. The second-order valence-corrected chi connectivity index (χ2v) is 13.8. The van der Waals surface area contributed by atoms with E-state index in [1.165, 1.54) is 32.7 Å². The van der Waals surface area contributed by atoms with Crippen LogP contribution < -0.4 is 0 Å². The van der Waals surface area contributed by atoms with Crippen LogP contribution in [0.1, 0.15) is 0 Å². The van der Waals surface area contributed by atoms with Gasteiger partial charge >= 0.3 is 0 Å². The number of fused-ring (bicyclic) bond motifs is 5. The van der Waals surface area contributed by atoms with Crippen molar-refractivity contribution in [3.8, 4) is 45.3 Å². The molecule has 0 bridgehead atoms. The van der Waals surface area contributed by atoms with E-state index in [9.17, 15) is 0 Å². The van der Waals surface area contributed by atoms with E-state index in [0.29, 0.717) is 0 Å².